The molecule has 0 aliphatic rings. The summed E-state index contributed by atoms with van der Waals surface area (Å²) in [4.78, 5) is 0. The van der Waals surface area contributed by atoms with Crippen molar-refractivity contribution in [3.63, 3.8) is 0 Å². The second-order valence-electron chi connectivity index (χ2n) is 0.816. The van der Waals surface area contributed by atoms with E-state index < -0.39 is 18.1 Å². The third-order valence-corrected chi connectivity index (χ3v) is 0. The minimum atomic E-state index is -4.33. The van der Waals surface area contributed by atoms with Gasteiger partial charge in [0.2, 0.25) is 0 Å². The summed E-state index contributed by atoms with van der Waals surface area (Å²) in [5.41, 5.74) is 0. The van der Waals surface area contributed by atoms with Gasteiger partial charge in [-0.1, -0.05) is 0 Å². The first-order valence-corrected chi connectivity index (χ1v) is 6.00. The molecular formula is H4NO6S4-3. The maximum Gasteiger partial charge on any atom is -0.0484 e. The molecule has 0 saturated heterocycles. The molecule has 0 bridgehead atoms. The summed E-state index contributed by atoms with van der Waals surface area (Å²) >= 11 is 6.49. The average molecular weight is 242 g/mol. The molecule has 11 heteroatoms. The van der Waals surface area contributed by atoms with E-state index in [2.05, 4.69) is 22.4 Å². The number of rotatable bonds is 0. The number of hydrogen-bond acceptors (Lipinski definition) is 8. The molecule has 0 aliphatic heterocycles. The van der Waals surface area contributed by atoms with Crippen molar-refractivity contribution in [3.8, 4) is 0 Å². The van der Waals surface area contributed by atoms with E-state index in [0.717, 1.165) is 0 Å². The Labute approximate surface area is 73.4 Å². The fourth-order valence-corrected chi connectivity index (χ4v) is 0. The van der Waals surface area contributed by atoms with Crippen LogP contribution in [0.5, 0.6) is 0 Å². The zero-order valence-electron chi connectivity index (χ0n) is 5.08. The van der Waals surface area contributed by atoms with Gasteiger partial charge in [0.25, 0.3) is 0 Å². The molecule has 0 aromatic carbocycles. The van der Waals surface area contributed by atoms with Crippen molar-refractivity contribution < 1.29 is 26.6 Å². The summed E-state index contributed by atoms with van der Waals surface area (Å²) in [5.74, 6) is 0. The summed E-state index contributed by atoms with van der Waals surface area (Å²) in [6, 6.07) is 0. The molecule has 0 aliphatic carbocycles. The van der Waals surface area contributed by atoms with E-state index in [1.165, 1.54) is 0 Å². The molecule has 0 amide bonds. The van der Waals surface area contributed by atoms with E-state index in [9.17, 15) is 0 Å². The third kappa shape index (κ3) is 2640. The zero-order chi connectivity index (χ0) is 9.00. The second-order valence-corrected chi connectivity index (χ2v) is 4.90. The lowest BCUT2D eigenvalue weighted by atomic mass is 14.0. The molecule has 7 nitrogen and oxygen atoms in total. The first-order chi connectivity index (χ1) is 4.00. The summed E-state index contributed by atoms with van der Waals surface area (Å²) < 4.78 is 53.3. The maximum absolute atomic E-state index is 8.89. The van der Waals surface area contributed by atoms with Gasteiger partial charge in [0, 0.05) is 0 Å². The standard InChI is InChI=1S/H3N.2H2O3S2/c;2*1-5(2,3)4/h1H3;2*(H2,1,2,3,4)/p-3. The Balaban J connectivity index is -0.000000107. The second kappa shape index (κ2) is 6.10. The largest absolute Gasteiger partial charge is 0.780 e. The highest BCUT2D eigenvalue weighted by atomic mass is 32.9. The molecule has 0 heterocycles. The summed E-state index contributed by atoms with van der Waals surface area (Å²) in [6.45, 7) is 0. The van der Waals surface area contributed by atoms with Crippen LogP contribution in [0.15, 0.2) is 0 Å². The van der Waals surface area contributed by atoms with E-state index >= 15 is 0 Å². The van der Waals surface area contributed by atoms with Crippen LogP contribution >= 0.6 is 0 Å². The predicted octanol–water partition coefficient (Wildman–Crippen LogP) is -1.64. The van der Waals surface area contributed by atoms with Gasteiger partial charge >= 0.3 is 0 Å². The lowest BCUT2D eigenvalue weighted by molar-refractivity contribution is 0.414. The smallest absolute Gasteiger partial charge is 0.0484 e. The summed E-state index contributed by atoms with van der Waals surface area (Å²) in [7, 11) is -8.67. The van der Waals surface area contributed by atoms with Gasteiger partial charge in [-0.2, -0.15) is 0 Å². The Morgan fingerprint density at radius 1 is 0.818 bits per heavy atom. The normalized spacial score (nSPS) is 10.5. The first kappa shape index (κ1) is 17.6. The molecule has 0 rings (SSSR count). The fraction of sp³-hybridized carbons (Fsp3) is 0. The first-order valence-electron chi connectivity index (χ1n) is 1.33. The van der Waals surface area contributed by atoms with Crippen molar-refractivity contribution in [2.75, 3.05) is 0 Å². The van der Waals surface area contributed by atoms with Crippen molar-refractivity contribution in [3.05, 3.63) is 0 Å². The summed E-state index contributed by atoms with van der Waals surface area (Å²) in [6.07, 6.45) is 0. The molecule has 0 aromatic heterocycles. The molecule has 4 N–H and O–H groups in total. The third-order valence-electron chi connectivity index (χ3n) is 0. The molecule has 0 radical (unpaired) electrons. The van der Waals surface area contributed by atoms with Gasteiger partial charge in [-0.25, -0.2) is 0 Å². The SMILES string of the molecule is O=S([O-])([O-])=S.O=S([O-])([O-])=S.[NH4+]. The summed E-state index contributed by atoms with van der Waals surface area (Å²) in [5, 5.41) is 0. The Morgan fingerprint density at radius 2 is 0.818 bits per heavy atom. The van der Waals surface area contributed by atoms with Gasteiger partial charge in [0.1, 0.15) is 0 Å². The van der Waals surface area contributed by atoms with Crippen molar-refractivity contribution >= 4 is 40.5 Å². The van der Waals surface area contributed by atoms with Crippen LogP contribution in [0.2, 0.25) is 0 Å². The van der Waals surface area contributed by atoms with E-state index in [1.807, 2.05) is 0 Å². The predicted molar refractivity (Wildman–Crippen MR) is 40.1 cm³/mol. The Bertz CT molecular complexity index is 211. The minimum absolute atomic E-state index is 0. The average Bonchev–Trinajstić information content (AvgIpc) is 1.12. The highest BCUT2D eigenvalue weighted by Gasteiger charge is 1.44. The van der Waals surface area contributed by atoms with Crippen LogP contribution in [-0.2, 0) is 40.5 Å². The maximum atomic E-state index is 8.89. The fourth-order valence-electron chi connectivity index (χ4n) is 0. The molecule has 0 fully saturated rings. The molecule has 0 spiro atoms. The zero-order valence-corrected chi connectivity index (χ0v) is 8.35. The van der Waals surface area contributed by atoms with E-state index in [1.54, 1.807) is 0 Å². The number of hydrogen-bond donors (Lipinski definition) is 1. The monoisotopic (exact) mass is 242 g/mol. The topological polar surface area (TPSA) is 163 Å². The van der Waals surface area contributed by atoms with Crippen LogP contribution in [0.3, 0.4) is 0 Å². The lowest BCUT2D eigenvalue weighted by Crippen LogP contribution is -1.88. The van der Waals surface area contributed by atoms with Crippen molar-refractivity contribution in [2.24, 2.45) is 0 Å². The quantitative estimate of drug-likeness (QED) is 0.528. The molecule has 0 aromatic rings. The lowest BCUT2D eigenvalue weighted by Gasteiger charge is -2.12. The van der Waals surface area contributed by atoms with Crippen molar-refractivity contribution in [1.82, 2.24) is 6.15 Å². The van der Waals surface area contributed by atoms with Crippen LogP contribution in [0.4, 0.5) is 0 Å². The van der Waals surface area contributed by atoms with E-state index in [4.69, 9.17) is 26.6 Å². The van der Waals surface area contributed by atoms with Gasteiger partial charge in [-0.05, 0) is 22.4 Å². The van der Waals surface area contributed by atoms with Gasteiger partial charge in [0.15, 0.2) is 0 Å². The van der Waals surface area contributed by atoms with Crippen LogP contribution in [0.25, 0.3) is 0 Å². The Hall–Kier alpha value is 0.540. The molecule has 11 heavy (non-hydrogen) atoms. The highest BCUT2D eigenvalue weighted by Crippen LogP contribution is 1.61. The van der Waals surface area contributed by atoms with Crippen LogP contribution in [-0.4, -0.2) is 26.6 Å². The Morgan fingerprint density at radius 3 is 0.818 bits per heavy atom. The Kier molecular flexibility index (Phi) is 9.75. The van der Waals surface area contributed by atoms with E-state index in [-0.39, 0.29) is 6.15 Å². The molecule has 0 atom stereocenters. The number of quaternary nitrogens is 1. The molecular weight excluding hydrogens is 238 g/mol. The van der Waals surface area contributed by atoms with Gasteiger partial charge < -0.3 is 24.4 Å². The molecule has 72 valence electrons. The van der Waals surface area contributed by atoms with Gasteiger partial charge in [0.05, 0.1) is 0 Å². The molecule has 0 unspecified atom stereocenters. The van der Waals surface area contributed by atoms with Crippen LogP contribution in [0, 0.1) is 0 Å². The molecule has 0 saturated carbocycles. The highest BCUT2D eigenvalue weighted by molar-refractivity contribution is 8.26. The van der Waals surface area contributed by atoms with E-state index in [0.29, 0.717) is 0 Å². The van der Waals surface area contributed by atoms with Crippen molar-refractivity contribution in [2.45, 2.75) is 0 Å². The van der Waals surface area contributed by atoms with Crippen LogP contribution in [0.1, 0.15) is 0 Å². The minimum Gasteiger partial charge on any atom is -0.780 e. The van der Waals surface area contributed by atoms with Gasteiger partial charge in [-0.15, -0.1) is 18.1 Å². The van der Waals surface area contributed by atoms with Gasteiger partial charge in [-0.3, -0.25) is 8.42 Å². The van der Waals surface area contributed by atoms with Crippen molar-refractivity contribution in [1.29, 1.82) is 0 Å². The van der Waals surface area contributed by atoms with Crippen LogP contribution < -0.4 is 6.15 Å².